The summed E-state index contributed by atoms with van der Waals surface area (Å²) in [5, 5.41) is 7.31. The van der Waals surface area contributed by atoms with Crippen molar-refractivity contribution in [1.82, 2.24) is 15.1 Å². The Bertz CT molecular complexity index is 486. The van der Waals surface area contributed by atoms with E-state index in [1.807, 2.05) is 13.8 Å². The van der Waals surface area contributed by atoms with Crippen molar-refractivity contribution in [2.75, 3.05) is 12.3 Å². The van der Waals surface area contributed by atoms with Crippen molar-refractivity contribution in [2.45, 2.75) is 47.1 Å². The summed E-state index contributed by atoms with van der Waals surface area (Å²) in [4.78, 5) is 12.0. The third-order valence-electron chi connectivity index (χ3n) is 4.49. The number of anilines is 1. The molecular formula is C14H24N4O. The minimum atomic E-state index is 0.0116. The summed E-state index contributed by atoms with van der Waals surface area (Å²) in [6.45, 7) is 9.21. The molecule has 19 heavy (non-hydrogen) atoms. The summed E-state index contributed by atoms with van der Waals surface area (Å²) >= 11 is 0. The lowest BCUT2D eigenvalue weighted by molar-refractivity contribution is -0.122. The number of carbonyl (C=O) groups is 1. The molecule has 0 radical (unpaired) electrons. The molecule has 106 valence electrons. The molecule has 5 heteroatoms. The molecule has 1 fully saturated rings. The summed E-state index contributed by atoms with van der Waals surface area (Å²) in [5.74, 6) is 0.634. The smallest absolute Gasteiger partial charge is 0.241 e. The summed E-state index contributed by atoms with van der Waals surface area (Å²) in [6, 6.07) is 0. The molecule has 2 rings (SSSR count). The number of rotatable bonds is 5. The SMILES string of the molecule is Cc1nn(CC(=O)NCC2(C(C)C)CC2)c(C)c1N. The van der Waals surface area contributed by atoms with Crippen molar-refractivity contribution in [3.05, 3.63) is 11.4 Å². The molecule has 0 saturated heterocycles. The Balaban J connectivity index is 1.90. The number of amides is 1. The Morgan fingerprint density at radius 1 is 1.47 bits per heavy atom. The quantitative estimate of drug-likeness (QED) is 0.849. The molecule has 1 amide bonds. The molecule has 1 saturated carbocycles. The Morgan fingerprint density at radius 3 is 2.53 bits per heavy atom. The van der Waals surface area contributed by atoms with Crippen molar-refractivity contribution < 1.29 is 4.79 Å². The Labute approximate surface area is 114 Å². The van der Waals surface area contributed by atoms with Crippen LogP contribution in [-0.2, 0) is 11.3 Å². The fourth-order valence-corrected chi connectivity index (χ4v) is 2.45. The molecule has 1 aliphatic carbocycles. The zero-order valence-electron chi connectivity index (χ0n) is 12.3. The highest BCUT2D eigenvalue weighted by molar-refractivity contribution is 5.76. The van der Waals surface area contributed by atoms with Crippen LogP contribution in [0.1, 0.15) is 38.1 Å². The maximum absolute atomic E-state index is 12.0. The number of hydrogen-bond donors (Lipinski definition) is 2. The number of aryl methyl sites for hydroxylation is 1. The summed E-state index contributed by atoms with van der Waals surface area (Å²) in [6.07, 6.45) is 2.44. The first-order chi connectivity index (χ1) is 8.85. The summed E-state index contributed by atoms with van der Waals surface area (Å²) < 4.78 is 1.68. The maximum atomic E-state index is 12.0. The summed E-state index contributed by atoms with van der Waals surface area (Å²) in [5.41, 5.74) is 8.51. The predicted molar refractivity (Wildman–Crippen MR) is 75.6 cm³/mol. The van der Waals surface area contributed by atoms with E-state index in [-0.39, 0.29) is 12.5 Å². The highest BCUT2D eigenvalue weighted by atomic mass is 16.2. The number of aromatic nitrogens is 2. The highest BCUT2D eigenvalue weighted by Crippen LogP contribution is 2.51. The van der Waals surface area contributed by atoms with E-state index in [4.69, 9.17) is 5.73 Å². The fraction of sp³-hybridized carbons (Fsp3) is 0.714. The van der Waals surface area contributed by atoms with Gasteiger partial charge in [0.05, 0.1) is 17.1 Å². The molecule has 0 spiro atoms. The van der Waals surface area contributed by atoms with Gasteiger partial charge in [-0.3, -0.25) is 9.48 Å². The van der Waals surface area contributed by atoms with Crippen LogP contribution in [0.15, 0.2) is 0 Å². The van der Waals surface area contributed by atoms with Crippen LogP contribution < -0.4 is 11.1 Å². The van der Waals surface area contributed by atoms with Gasteiger partial charge in [0.2, 0.25) is 5.91 Å². The van der Waals surface area contributed by atoms with Crippen LogP contribution in [0.2, 0.25) is 0 Å². The molecule has 0 unspecified atom stereocenters. The molecule has 0 bridgehead atoms. The maximum Gasteiger partial charge on any atom is 0.241 e. The second kappa shape index (κ2) is 4.87. The van der Waals surface area contributed by atoms with Crippen molar-refractivity contribution in [2.24, 2.45) is 11.3 Å². The van der Waals surface area contributed by atoms with Gasteiger partial charge in [0, 0.05) is 6.54 Å². The normalized spacial score (nSPS) is 16.7. The van der Waals surface area contributed by atoms with Gasteiger partial charge in [0.1, 0.15) is 6.54 Å². The van der Waals surface area contributed by atoms with Crippen LogP contribution in [0.3, 0.4) is 0 Å². The topological polar surface area (TPSA) is 72.9 Å². The third-order valence-corrected chi connectivity index (χ3v) is 4.49. The fourth-order valence-electron chi connectivity index (χ4n) is 2.45. The van der Waals surface area contributed by atoms with Crippen molar-refractivity contribution in [3.8, 4) is 0 Å². The highest BCUT2D eigenvalue weighted by Gasteiger charge is 2.45. The van der Waals surface area contributed by atoms with Crippen molar-refractivity contribution in [3.63, 3.8) is 0 Å². The van der Waals surface area contributed by atoms with E-state index in [9.17, 15) is 4.79 Å². The average molecular weight is 264 g/mol. The van der Waals surface area contributed by atoms with Crippen LogP contribution in [0.5, 0.6) is 0 Å². The Kier molecular flexibility index (Phi) is 3.56. The molecule has 0 aliphatic heterocycles. The minimum Gasteiger partial charge on any atom is -0.396 e. The number of carbonyl (C=O) groups excluding carboxylic acids is 1. The lowest BCUT2D eigenvalue weighted by Crippen LogP contribution is -2.35. The van der Waals surface area contributed by atoms with Crippen LogP contribution in [0.4, 0.5) is 5.69 Å². The third kappa shape index (κ3) is 2.74. The Morgan fingerprint density at radius 2 is 2.11 bits per heavy atom. The molecule has 0 atom stereocenters. The second-order valence-electron chi connectivity index (χ2n) is 6.04. The van der Waals surface area contributed by atoms with Crippen LogP contribution >= 0.6 is 0 Å². The second-order valence-corrected chi connectivity index (χ2v) is 6.04. The molecule has 1 heterocycles. The number of nitrogen functional groups attached to an aromatic ring is 1. The van der Waals surface area contributed by atoms with Gasteiger partial charge in [0.15, 0.2) is 0 Å². The first kappa shape index (κ1) is 13.9. The van der Waals surface area contributed by atoms with Gasteiger partial charge in [-0.2, -0.15) is 5.10 Å². The molecule has 1 aromatic heterocycles. The van der Waals surface area contributed by atoms with Gasteiger partial charge in [-0.15, -0.1) is 0 Å². The van der Waals surface area contributed by atoms with E-state index in [0.717, 1.165) is 17.9 Å². The van der Waals surface area contributed by atoms with E-state index >= 15 is 0 Å². The van der Waals surface area contributed by atoms with Gasteiger partial charge in [-0.1, -0.05) is 13.8 Å². The first-order valence-corrected chi connectivity index (χ1v) is 6.92. The molecule has 1 aliphatic rings. The molecular weight excluding hydrogens is 240 g/mol. The monoisotopic (exact) mass is 264 g/mol. The largest absolute Gasteiger partial charge is 0.396 e. The minimum absolute atomic E-state index is 0.0116. The zero-order chi connectivity index (χ0) is 14.2. The molecule has 3 N–H and O–H groups in total. The van der Waals surface area contributed by atoms with Gasteiger partial charge in [0.25, 0.3) is 0 Å². The standard InChI is InChI=1S/C14H24N4O/c1-9(2)14(5-6-14)8-16-12(19)7-18-11(4)13(15)10(3)17-18/h9H,5-8,15H2,1-4H3,(H,16,19). The predicted octanol–water partition coefficient (Wildman–Crippen LogP) is 1.63. The molecule has 1 aromatic rings. The van der Waals surface area contributed by atoms with Crippen molar-refractivity contribution >= 4 is 11.6 Å². The average Bonchev–Trinajstić information content (AvgIpc) is 3.10. The van der Waals surface area contributed by atoms with Crippen molar-refractivity contribution in [1.29, 1.82) is 0 Å². The number of nitrogens with one attached hydrogen (secondary N) is 1. The Hall–Kier alpha value is -1.52. The number of nitrogens with zero attached hydrogens (tertiary/aromatic N) is 2. The molecule has 0 aromatic carbocycles. The van der Waals surface area contributed by atoms with Crippen LogP contribution in [0, 0.1) is 25.2 Å². The van der Waals surface area contributed by atoms with E-state index in [2.05, 4.69) is 24.3 Å². The van der Waals surface area contributed by atoms with Gasteiger partial charge >= 0.3 is 0 Å². The first-order valence-electron chi connectivity index (χ1n) is 6.92. The van der Waals surface area contributed by atoms with E-state index in [1.165, 1.54) is 12.8 Å². The zero-order valence-corrected chi connectivity index (χ0v) is 12.3. The van der Waals surface area contributed by atoms with Crippen LogP contribution in [0.25, 0.3) is 0 Å². The lowest BCUT2D eigenvalue weighted by atomic mass is 9.92. The van der Waals surface area contributed by atoms with E-state index in [0.29, 0.717) is 17.0 Å². The van der Waals surface area contributed by atoms with E-state index < -0.39 is 0 Å². The van der Waals surface area contributed by atoms with Gasteiger partial charge in [-0.05, 0) is 38.0 Å². The molecule has 5 nitrogen and oxygen atoms in total. The van der Waals surface area contributed by atoms with Gasteiger partial charge in [-0.25, -0.2) is 0 Å². The van der Waals surface area contributed by atoms with E-state index in [1.54, 1.807) is 4.68 Å². The number of nitrogens with two attached hydrogens (primary N) is 1. The van der Waals surface area contributed by atoms with Gasteiger partial charge < -0.3 is 11.1 Å². The number of hydrogen-bond acceptors (Lipinski definition) is 3. The summed E-state index contributed by atoms with van der Waals surface area (Å²) in [7, 11) is 0. The lowest BCUT2D eigenvalue weighted by Gasteiger charge is -2.20. The van der Waals surface area contributed by atoms with Crippen LogP contribution in [-0.4, -0.2) is 22.2 Å².